The number of halogens is 1. The van der Waals surface area contributed by atoms with Crippen LogP contribution >= 0.6 is 0 Å². The molecule has 2 nitrogen and oxygen atoms in total. The third-order valence-electron chi connectivity index (χ3n) is 6.44. The molecule has 0 aliphatic carbocycles. The summed E-state index contributed by atoms with van der Waals surface area (Å²) in [6.45, 7) is 14.8. The predicted molar refractivity (Wildman–Crippen MR) is 129 cm³/mol. The lowest BCUT2D eigenvalue weighted by Gasteiger charge is -2.35. The number of nitrogens with one attached hydrogen (secondary N) is 1. The fraction of sp³-hybridized carbons (Fsp3) is 0.556. The Morgan fingerprint density at radius 3 is 2.47 bits per heavy atom. The largest absolute Gasteiger partial charge is 0.354 e. The van der Waals surface area contributed by atoms with Crippen LogP contribution in [0.2, 0.25) is 0 Å². The molecule has 2 heterocycles. The van der Waals surface area contributed by atoms with E-state index >= 15 is 0 Å². The second-order valence-electron chi connectivity index (χ2n) is 9.48. The number of hydrogen-bond donors (Lipinski definition) is 1. The number of piperidine rings is 1. The molecule has 0 saturated carbocycles. The number of nitrogens with zero attached hydrogens (tertiary/aromatic N) is 1. The number of allylic oxidation sites excluding steroid dienone is 4. The van der Waals surface area contributed by atoms with Crippen LogP contribution in [0.15, 0.2) is 35.9 Å². The van der Waals surface area contributed by atoms with Crippen LogP contribution in [0.1, 0.15) is 89.5 Å². The van der Waals surface area contributed by atoms with E-state index in [0.717, 1.165) is 32.4 Å². The van der Waals surface area contributed by atoms with E-state index in [2.05, 4.69) is 74.9 Å². The van der Waals surface area contributed by atoms with E-state index in [4.69, 9.17) is 0 Å². The van der Waals surface area contributed by atoms with Crippen LogP contribution in [0, 0.1) is 0 Å². The number of rotatable bonds is 7. The average molecular weight is 411 g/mol. The Bertz CT molecular complexity index is 906. The van der Waals surface area contributed by atoms with Crippen molar-refractivity contribution in [2.45, 2.75) is 78.7 Å². The number of H-pyrrole nitrogens is 1. The highest BCUT2D eigenvalue weighted by Crippen LogP contribution is 2.37. The Labute approximate surface area is 182 Å². The third kappa shape index (κ3) is 4.88. The maximum Gasteiger partial charge on any atom is 0.105 e. The van der Waals surface area contributed by atoms with Crippen LogP contribution in [0.5, 0.6) is 0 Å². The number of alkyl halides is 1. The Kier molecular flexibility index (Phi) is 7.57. The Morgan fingerprint density at radius 1 is 1.20 bits per heavy atom. The zero-order valence-corrected chi connectivity index (χ0v) is 19.7. The van der Waals surface area contributed by atoms with Gasteiger partial charge in [-0.25, -0.2) is 4.39 Å². The number of fused-ring (bicyclic) bond motifs is 1. The van der Waals surface area contributed by atoms with Crippen molar-refractivity contribution in [3.8, 4) is 0 Å². The molecule has 3 rings (SSSR count). The molecule has 0 radical (unpaired) electrons. The molecule has 0 spiro atoms. The summed E-state index contributed by atoms with van der Waals surface area (Å²) < 4.78 is 13.0. The maximum atomic E-state index is 13.0. The van der Waals surface area contributed by atoms with Crippen LogP contribution in [0.25, 0.3) is 16.5 Å². The van der Waals surface area contributed by atoms with Gasteiger partial charge in [0.15, 0.2) is 0 Å². The summed E-state index contributed by atoms with van der Waals surface area (Å²) in [6, 6.07) is 7.04. The van der Waals surface area contributed by atoms with Crippen LogP contribution in [-0.4, -0.2) is 35.7 Å². The highest BCUT2D eigenvalue weighted by molar-refractivity contribution is 5.92. The molecule has 1 aliphatic rings. The van der Waals surface area contributed by atoms with Gasteiger partial charge in [-0.1, -0.05) is 44.6 Å². The first-order valence-electron chi connectivity index (χ1n) is 11.7. The lowest BCUT2D eigenvalue weighted by atomic mass is 9.87. The van der Waals surface area contributed by atoms with Crippen molar-refractivity contribution in [2.24, 2.45) is 0 Å². The molecule has 2 aromatic rings. The van der Waals surface area contributed by atoms with Crippen molar-refractivity contribution in [3.63, 3.8) is 0 Å². The van der Waals surface area contributed by atoms with Gasteiger partial charge in [0.05, 0.1) is 0 Å². The summed E-state index contributed by atoms with van der Waals surface area (Å²) in [5.74, 6) is 1.02. The van der Waals surface area contributed by atoms with E-state index in [1.165, 1.54) is 38.9 Å². The third-order valence-corrected chi connectivity index (χ3v) is 6.44. The minimum atomic E-state index is -0.250. The van der Waals surface area contributed by atoms with E-state index in [1.807, 2.05) is 6.92 Å². The summed E-state index contributed by atoms with van der Waals surface area (Å²) in [5.41, 5.74) is 7.97. The average Bonchev–Trinajstić information content (AvgIpc) is 3.11. The molecular weight excluding hydrogens is 371 g/mol. The topological polar surface area (TPSA) is 19.0 Å². The molecule has 1 fully saturated rings. The molecule has 1 aromatic heterocycles. The fourth-order valence-electron chi connectivity index (χ4n) is 4.85. The van der Waals surface area contributed by atoms with Gasteiger partial charge < -0.3 is 4.98 Å². The van der Waals surface area contributed by atoms with Crippen molar-refractivity contribution in [2.75, 3.05) is 19.8 Å². The van der Waals surface area contributed by atoms with Gasteiger partial charge in [0.1, 0.15) is 6.67 Å². The fourth-order valence-corrected chi connectivity index (χ4v) is 4.85. The molecule has 1 atom stereocenters. The molecule has 1 aliphatic heterocycles. The molecular formula is C27H39FN2. The molecule has 3 heteroatoms. The van der Waals surface area contributed by atoms with E-state index in [9.17, 15) is 4.39 Å². The summed E-state index contributed by atoms with van der Waals surface area (Å²) in [5, 5.41) is 1.36. The minimum absolute atomic E-state index is 0.0482. The Balaban J connectivity index is 1.97. The van der Waals surface area contributed by atoms with Crippen molar-refractivity contribution in [3.05, 3.63) is 52.7 Å². The van der Waals surface area contributed by atoms with Crippen molar-refractivity contribution in [1.82, 2.24) is 9.88 Å². The molecule has 1 saturated heterocycles. The van der Waals surface area contributed by atoms with Gasteiger partial charge in [-0.2, -0.15) is 0 Å². The summed E-state index contributed by atoms with van der Waals surface area (Å²) in [7, 11) is 0. The molecule has 1 aromatic carbocycles. The lowest BCUT2D eigenvalue weighted by molar-refractivity contribution is 0.140. The van der Waals surface area contributed by atoms with Gasteiger partial charge in [0.2, 0.25) is 0 Å². The predicted octanol–water partition coefficient (Wildman–Crippen LogP) is 7.59. The van der Waals surface area contributed by atoms with Crippen LogP contribution in [-0.2, 0) is 0 Å². The molecule has 1 unspecified atom stereocenters. The monoisotopic (exact) mass is 410 g/mol. The highest BCUT2D eigenvalue weighted by Gasteiger charge is 2.25. The highest BCUT2D eigenvalue weighted by atomic mass is 19.1. The number of aromatic nitrogens is 1. The molecule has 0 amide bonds. The Morgan fingerprint density at radius 2 is 1.90 bits per heavy atom. The first-order chi connectivity index (χ1) is 14.3. The standard InChI is InChI=1S/C27H39FN2/c1-7-8-23(15-18(2)3)27-26(19(4)5)24-16-22(9-10-25(24)29-27)21-11-13-30(14-12-21)20(6)17-28/h8-10,15-16,19-21,29H,7,11-14,17H2,1-6H3/b23-8+. The number of aromatic amines is 1. The van der Waals surface area contributed by atoms with Crippen molar-refractivity contribution < 1.29 is 4.39 Å². The van der Waals surface area contributed by atoms with Crippen molar-refractivity contribution in [1.29, 1.82) is 0 Å². The van der Waals surface area contributed by atoms with Gasteiger partial charge in [0, 0.05) is 22.6 Å². The molecule has 1 N–H and O–H groups in total. The molecule has 30 heavy (non-hydrogen) atoms. The van der Waals surface area contributed by atoms with E-state index in [-0.39, 0.29) is 12.7 Å². The second kappa shape index (κ2) is 9.96. The van der Waals surface area contributed by atoms with Crippen LogP contribution in [0.3, 0.4) is 0 Å². The molecule has 0 bridgehead atoms. The van der Waals surface area contributed by atoms with Gasteiger partial charge in [-0.3, -0.25) is 4.90 Å². The molecule has 164 valence electrons. The van der Waals surface area contributed by atoms with Gasteiger partial charge in [-0.05, 0) is 93.8 Å². The van der Waals surface area contributed by atoms with Crippen LogP contribution in [0.4, 0.5) is 4.39 Å². The van der Waals surface area contributed by atoms with E-state index in [0.29, 0.717) is 11.8 Å². The second-order valence-corrected chi connectivity index (χ2v) is 9.48. The normalized spacial score (nSPS) is 17.7. The first kappa shape index (κ1) is 22.8. The number of benzene rings is 1. The zero-order chi connectivity index (χ0) is 21.8. The summed E-state index contributed by atoms with van der Waals surface area (Å²) >= 11 is 0. The van der Waals surface area contributed by atoms with E-state index in [1.54, 1.807) is 0 Å². The maximum absolute atomic E-state index is 13.0. The van der Waals surface area contributed by atoms with Crippen LogP contribution < -0.4 is 0 Å². The van der Waals surface area contributed by atoms with Gasteiger partial charge in [0.25, 0.3) is 0 Å². The lowest BCUT2D eigenvalue weighted by Crippen LogP contribution is -2.40. The zero-order valence-electron chi connectivity index (χ0n) is 19.7. The first-order valence-corrected chi connectivity index (χ1v) is 11.7. The quantitative estimate of drug-likeness (QED) is 0.466. The minimum Gasteiger partial charge on any atom is -0.354 e. The van der Waals surface area contributed by atoms with Gasteiger partial charge >= 0.3 is 0 Å². The SMILES string of the molecule is CC/C=C(\C=C(C)C)c1[nH]c2ccc(C3CCN(C(C)CF)CC3)cc2c1C(C)C. The number of hydrogen-bond acceptors (Lipinski definition) is 1. The van der Waals surface area contributed by atoms with Crippen molar-refractivity contribution >= 4 is 16.5 Å². The summed E-state index contributed by atoms with van der Waals surface area (Å²) in [4.78, 5) is 6.03. The number of likely N-dealkylation sites (tertiary alicyclic amines) is 1. The Hall–Kier alpha value is -1.87. The smallest absolute Gasteiger partial charge is 0.105 e. The van der Waals surface area contributed by atoms with Gasteiger partial charge in [-0.15, -0.1) is 0 Å². The summed E-state index contributed by atoms with van der Waals surface area (Å²) in [6.07, 6.45) is 7.87. The van der Waals surface area contributed by atoms with E-state index < -0.39 is 0 Å².